The molecule has 1 aliphatic carbocycles. The number of hydrogen-bond donors (Lipinski definition) is 3. The largest absolute Gasteiger partial charge is 0.396 e. The second-order valence-electron chi connectivity index (χ2n) is 6.00. The summed E-state index contributed by atoms with van der Waals surface area (Å²) in [6.07, 6.45) is 4.71. The fourth-order valence-corrected chi connectivity index (χ4v) is 2.67. The van der Waals surface area contributed by atoms with E-state index in [9.17, 15) is 4.79 Å². The maximum atomic E-state index is 12.2. The number of rotatable bonds is 6. The number of amides is 2. The first-order valence-electron chi connectivity index (χ1n) is 7.97. The molecule has 0 bridgehead atoms. The second-order valence-corrected chi connectivity index (χ2v) is 6.00. The van der Waals surface area contributed by atoms with Gasteiger partial charge in [-0.15, -0.1) is 5.10 Å². The van der Waals surface area contributed by atoms with Crippen molar-refractivity contribution in [2.75, 3.05) is 11.9 Å². The number of aromatic nitrogens is 2. The van der Waals surface area contributed by atoms with E-state index in [1.807, 2.05) is 43.5 Å². The first-order valence-corrected chi connectivity index (χ1v) is 7.97. The molecule has 6 heteroatoms. The predicted molar refractivity (Wildman–Crippen MR) is 88.7 cm³/mol. The van der Waals surface area contributed by atoms with E-state index in [4.69, 9.17) is 5.11 Å². The summed E-state index contributed by atoms with van der Waals surface area (Å²) in [6, 6.07) is 9.53. The van der Waals surface area contributed by atoms with Gasteiger partial charge in [0.15, 0.2) is 5.82 Å². The number of urea groups is 1. The number of aliphatic hydroxyl groups excluding tert-OH is 1. The molecule has 1 fully saturated rings. The Hall–Kier alpha value is -2.34. The number of carbonyl (C=O) groups is 1. The van der Waals surface area contributed by atoms with E-state index in [2.05, 4.69) is 15.7 Å². The number of aliphatic hydroxyl groups is 1. The van der Waals surface area contributed by atoms with Crippen LogP contribution in [0.1, 0.15) is 24.8 Å². The SMILES string of the molecule is Cc1cn(-c2ccccc2)nc1NC(=O)N[C@H](CCO)C1CC1. The molecular weight excluding hydrogens is 292 g/mol. The van der Waals surface area contributed by atoms with Crippen molar-refractivity contribution in [1.29, 1.82) is 0 Å². The molecule has 0 unspecified atom stereocenters. The zero-order valence-electron chi connectivity index (χ0n) is 13.2. The Labute approximate surface area is 135 Å². The first-order chi connectivity index (χ1) is 11.2. The molecule has 3 rings (SSSR count). The fourth-order valence-electron chi connectivity index (χ4n) is 2.67. The lowest BCUT2D eigenvalue weighted by molar-refractivity contribution is 0.234. The number of para-hydroxylation sites is 1. The zero-order chi connectivity index (χ0) is 16.2. The lowest BCUT2D eigenvalue weighted by Gasteiger charge is -2.17. The molecule has 0 saturated heterocycles. The van der Waals surface area contributed by atoms with Gasteiger partial charge in [-0.3, -0.25) is 5.32 Å². The van der Waals surface area contributed by atoms with Crippen molar-refractivity contribution in [2.45, 2.75) is 32.2 Å². The number of carbonyl (C=O) groups excluding carboxylic acids is 1. The minimum atomic E-state index is -0.267. The van der Waals surface area contributed by atoms with Crippen molar-refractivity contribution in [2.24, 2.45) is 5.92 Å². The maximum Gasteiger partial charge on any atom is 0.320 e. The van der Waals surface area contributed by atoms with E-state index < -0.39 is 0 Å². The molecule has 1 aromatic carbocycles. The summed E-state index contributed by atoms with van der Waals surface area (Å²) in [5.74, 6) is 1.04. The van der Waals surface area contributed by atoms with E-state index in [1.54, 1.807) is 4.68 Å². The average Bonchev–Trinajstić information content (AvgIpc) is 3.33. The van der Waals surface area contributed by atoms with Gasteiger partial charge in [-0.2, -0.15) is 0 Å². The molecular formula is C17H22N4O2. The van der Waals surface area contributed by atoms with Crippen LogP contribution in [-0.2, 0) is 0 Å². The molecule has 6 nitrogen and oxygen atoms in total. The van der Waals surface area contributed by atoms with Gasteiger partial charge in [0, 0.05) is 24.4 Å². The van der Waals surface area contributed by atoms with Crippen molar-refractivity contribution >= 4 is 11.8 Å². The number of nitrogens with zero attached hydrogens (tertiary/aromatic N) is 2. The quantitative estimate of drug-likeness (QED) is 0.766. The van der Waals surface area contributed by atoms with E-state index in [-0.39, 0.29) is 18.7 Å². The van der Waals surface area contributed by atoms with Gasteiger partial charge in [0.25, 0.3) is 0 Å². The monoisotopic (exact) mass is 314 g/mol. The van der Waals surface area contributed by atoms with Gasteiger partial charge in [0.1, 0.15) is 0 Å². The molecule has 1 aromatic heterocycles. The normalized spacial score (nSPS) is 15.2. The summed E-state index contributed by atoms with van der Waals surface area (Å²) >= 11 is 0. The molecule has 0 spiro atoms. The molecule has 3 N–H and O–H groups in total. The van der Waals surface area contributed by atoms with Crippen LogP contribution in [0.2, 0.25) is 0 Å². The van der Waals surface area contributed by atoms with Crippen molar-refractivity contribution in [3.8, 4) is 5.69 Å². The maximum absolute atomic E-state index is 12.2. The molecule has 0 radical (unpaired) electrons. The van der Waals surface area contributed by atoms with Crippen LogP contribution in [0.5, 0.6) is 0 Å². The van der Waals surface area contributed by atoms with Gasteiger partial charge >= 0.3 is 6.03 Å². The summed E-state index contributed by atoms with van der Waals surface area (Å²) in [7, 11) is 0. The van der Waals surface area contributed by atoms with Crippen LogP contribution in [0.3, 0.4) is 0 Å². The molecule has 23 heavy (non-hydrogen) atoms. The molecule has 2 aromatic rings. The van der Waals surface area contributed by atoms with Gasteiger partial charge in [-0.05, 0) is 44.2 Å². The van der Waals surface area contributed by atoms with E-state index in [0.717, 1.165) is 24.1 Å². The number of nitrogens with one attached hydrogen (secondary N) is 2. The Morgan fingerprint density at radius 3 is 2.78 bits per heavy atom. The van der Waals surface area contributed by atoms with Crippen LogP contribution >= 0.6 is 0 Å². The lowest BCUT2D eigenvalue weighted by Crippen LogP contribution is -2.40. The van der Waals surface area contributed by atoms with Crippen LogP contribution in [0.4, 0.5) is 10.6 Å². The highest BCUT2D eigenvalue weighted by Gasteiger charge is 2.31. The van der Waals surface area contributed by atoms with E-state index in [1.165, 1.54) is 0 Å². The smallest absolute Gasteiger partial charge is 0.320 e. The van der Waals surface area contributed by atoms with E-state index >= 15 is 0 Å². The average molecular weight is 314 g/mol. The van der Waals surface area contributed by atoms with Crippen molar-refractivity contribution in [3.63, 3.8) is 0 Å². The Morgan fingerprint density at radius 1 is 1.39 bits per heavy atom. The Kier molecular flexibility index (Phi) is 4.62. The highest BCUT2D eigenvalue weighted by molar-refractivity contribution is 5.89. The third kappa shape index (κ3) is 3.90. The third-order valence-corrected chi connectivity index (χ3v) is 4.10. The minimum absolute atomic E-state index is 0.0384. The molecule has 1 atom stereocenters. The van der Waals surface area contributed by atoms with Gasteiger partial charge in [-0.25, -0.2) is 9.48 Å². The molecule has 122 valence electrons. The van der Waals surface area contributed by atoms with Crippen molar-refractivity contribution in [3.05, 3.63) is 42.1 Å². The molecule has 1 heterocycles. The second kappa shape index (κ2) is 6.83. The summed E-state index contributed by atoms with van der Waals surface area (Å²) in [5, 5.41) is 19.3. The third-order valence-electron chi connectivity index (χ3n) is 4.10. The highest BCUT2D eigenvalue weighted by atomic mass is 16.3. The summed E-state index contributed by atoms with van der Waals surface area (Å²) in [5.41, 5.74) is 1.84. The summed E-state index contributed by atoms with van der Waals surface area (Å²) < 4.78 is 1.75. The summed E-state index contributed by atoms with van der Waals surface area (Å²) in [4.78, 5) is 12.2. The Morgan fingerprint density at radius 2 is 2.13 bits per heavy atom. The molecule has 1 saturated carbocycles. The van der Waals surface area contributed by atoms with Crippen LogP contribution in [-0.4, -0.2) is 33.6 Å². The number of aryl methyl sites for hydroxylation is 1. The molecule has 1 aliphatic rings. The minimum Gasteiger partial charge on any atom is -0.396 e. The van der Waals surface area contributed by atoms with Crippen LogP contribution in [0.25, 0.3) is 5.69 Å². The zero-order valence-corrected chi connectivity index (χ0v) is 13.2. The number of anilines is 1. The predicted octanol–water partition coefficient (Wildman–Crippen LogP) is 2.46. The van der Waals surface area contributed by atoms with Crippen molar-refractivity contribution < 1.29 is 9.90 Å². The van der Waals surface area contributed by atoms with Crippen LogP contribution in [0.15, 0.2) is 36.5 Å². The topological polar surface area (TPSA) is 79.2 Å². The van der Waals surface area contributed by atoms with E-state index in [0.29, 0.717) is 18.2 Å². The Bertz CT molecular complexity index is 664. The van der Waals surface area contributed by atoms with Gasteiger partial charge in [-0.1, -0.05) is 18.2 Å². The number of benzene rings is 1. The lowest BCUT2D eigenvalue weighted by atomic mass is 10.1. The van der Waals surface area contributed by atoms with Crippen molar-refractivity contribution in [1.82, 2.24) is 15.1 Å². The molecule has 2 amide bonds. The van der Waals surface area contributed by atoms with Gasteiger partial charge in [0.05, 0.1) is 5.69 Å². The first kappa shape index (κ1) is 15.6. The van der Waals surface area contributed by atoms with Crippen LogP contribution < -0.4 is 10.6 Å². The Balaban J connectivity index is 1.65. The van der Waals surface area contributed by atoms with Gasteiger partial charge in [0.2, 0.25) is 0 Å². The standard InChI is InChI=1S/C17H22N4O2/c1-12-11-21(14-5-3-2-4-6-14)20-16(12)19-17(23)18-15(9-10-22)13-7-8-13/h2-6,11,13,15,22H,7-10H2,1H3,(H2,18,19,20,23)/t15-/m1/s1. The highest BCUT2D eigenvalue weighted by Crippen LogP contribution is 2.33. The fraction of sp³-hybridized carbons (Fsp3) is 0.412. The van der Waals surface area contributed by atoms with Crippen LogP contribution in [0, 0.1) is 12.8 Å². The van der Waals surface area contributed by atoms with Gasteiger partial charge < -0.3 is 10.4 Å². The number of hydrogen-bond acceptors (Lipinski definition) is 3. The molecule has 0 aliphatic heterocycles. The summed E-state index contributed by atoms with van der Waals surface area (Å²) in [6.45, 7) is 2.00.